The quantitative estimate of drug-likeness (QED) is 0.594. The molecule has 0 unspecified atom stereocenters. The number of aromatic nitrogens is 5. The van der Waals surface area contributed by atoms with E-state index in [2.05, 4.69) is 35.6 Å². The predicted molar refractivity (Wildman–Crippen MR) is 124 cm³/mol. The van der Waals surface area contributed by atoms with Gasteiger partial charge in [0.25, 0.3) is 5.95 Å². The van der Waals surface area contributed by atoms with Gasteiger partial charge in [0.05, 0.1) is 12.2 Å². The van der Waals surface area contributed by atoms with E-state index in [9.17, 15) is 9.59 Å². The summed E-state index contributed by atoms with van der Waals surface area (Å²) in [4.78, 5) is 40.3. The van der Waals surface area contributed by atoms with E-state index in [-0.39, 0.29) is 24.3 Å². The zero-order chi connectivity index (χ0) is 23.4. The van der Waals surface area contributed by atoms with Crippen molar-refractivity contribution in [1.82, 2.24) is 29.6 Å². The highest BCUT2D eigenvalue weighted by Crippen LogP contribution is 2.20. The summed E-state index contributed by atoms with van der Waals surface area (Å²) in [6, 6.07) is 9.10. The molecular weight excluding hydrogens is 420 g/mol. The van der Waals surface area contributed by atoms with Gasteiger partial charge in [0.2, 0.25) is 11.8 Å². The second kappa shape index (κ2) is 9.86. The molecule has 4 heterocycles. The van der Waals surface area contributed by atoms with Gasteiger partial charge in [-0.05, 0) is 64.9 Å². The van der Waals surface area contributed by atoms with Crippen molar-refractivity contribution >= 4 is 23.5 Å². The number of carbonyl (C=O) groups excluding carboxylic acids is 2. The Bertz CT molecular complexity index is 1120. The second-order valence-corrected chi connectivity index (χ2v) is 8.34. The molecule has 0 radical (unpaired) electrons. The zero-order valence-corrected chi connectivity index (χ0v) is 19.1. The summed E-state index contributed by atoms with van der Waals surface area (Å²) in [5.41, 5.74) is 2.42. The Morgan fingerprint density at radius 1 is 1.00 bits per heavy atom. The van der Waals surface area contributed by atoms with Crippen molar-refractivity contribution in [2.45, 2.75) is 33.6 Å². The summed E-state index contributed by atoms with van der Waals surface area (Å²) in [5, 5.41) is 10.2. The predicted octanol–water partition coefficient (Wildman–Crippen LogP) is 2.27. The second-order valence-electron chi connectivity index (χ2n) is 8.34. The lowest BCUT2D eigenvalue weighted by molar-refractivity contribution is -0.121. The maximum absolute atomic E-state index is 12.7. The number of anilines is 2. The first kappa shape index (κ1) is 22.5. The van der Waals surface area contributed by atoms with Crippen molar-refractivity contribution in [3.05, 3.63) is 53.6 Å². The molecule has 1 aliphatic heterocycles. The summed E-state index contributed by atoms with van der Waals surface area (Å²) in [5.74, 6) is 1.27. The molecular formula is C23H28N8O2. The maximum Gasteiger partial charge on any atom is 0.252 e. The van der Waals surface area contributed by atoms with Crippen LogP contribution in [-0.2, 0) is 9.59 Å². The van der Waals surface area contributed by atoms with E-state index in [0.29, 0.717) is 43.5 Å². The molecule has 172 valence electrons. The number of likely N-dealkylation sites (tertiary alicyclic amines) is 1. The Morgan fingerprint density at radius 2 is 1.73 bits per heavy atom. The van der Waals surface area contributed by atoms with Gasteiger partial charge >= 0.3 is 0 Å². The van der Waals surface area contributed by atoms with Crippen LogP contribution in [-0.4, -0.2) is 61.1 Å². The summed E-state index contributed by atoms with van der Waals surface area (Å²) in [6.07, 6.45) is 3.04. The number of nitrogens with one attached hydrogen (secondary N) is 2. The minimum atomic E-state index is -0.142. The average Bonchev–Trinajstić information content (AvgIpc) is 3.14. The fourth-order valence-electron chi connectivity index (χ4n) is 3.95. The van der Waals surface area contributed by atoms with E-state index < -0.39 is 0 Å². The molecule has 10 nitrogen and oxygen atoms in total. The number of rotatable bonds is 6. The van der Waals surface area contributed by atoms with Crippen molar-refractivity contribution in [1.29, 1.82) is 0 Å². The van der Waals surface area contributed by atoms with E-state index in [1.54, 1.807) is 23.0 Å². The first-order valence-corrected chi connectivity index (χ1v) is 11.0. The smallest absolute Gasteiger partial charge is 0.252 e. The molecule has 2 amide bonds. The third-order valence-corrected chi connectivity index (χ3v) is 5.50. The molecule has 4 rings (SSSR count). The van der Waals surface area contributed by atoms with E-state index in [1.165, 1.54) is 0 Å². The molecule has 2 N–H and O–H groups in total. The molecule has 1 aliphatic rings. The Morgan fingerprint density at radius 3 is 2.39 bits per heavy atom. The summed E-state index contributed by atoms with van der Waals surface area (Å²) < 4.78 is 1.56. The Hall–Kier alpha value is -3.66. The van der Waals surface area contributed by atoms with Crippen LogP contribution < -0.4 is 10.6 Å². The number of piperidine rings is 1. The number of aryl methyl sites for hydroxylation is 3. The lowest BCUT2D eigenvalue weighted by Crippen LogP contribution is -2.42. The van der Waals surface area contributed by atoms with Crippen molar-refractivity contribution in [3.8, 4) is 5.95 Å². The number of hydrogen-bond acceptors (Lipinski definition) is 7. The van der Waals surface area contributed by atoms with Crippen LogP contribution in [0.2, 0.25) is 0 Å². The Balaban J connectivity index is 1.32. The van der Waals surface area contributed by atoms with Gasteiger partial charge in [-0.25, -0.2) is 15.0 Å². The lowest BCUT2D eigenvalue weighted by atomic mass is 9.96. The summed E-state index contributed by atoms with van der Waals surface area (Å²) in [6.45, 7) is 7.24. The standard InChI is InChI=1S/C23H28N8O2/c1-15-12-16(2)26-23(25-15)31-20(13-17(3)29-31)28-21(32)14-30-10-7-18(8-11-30)22(33)27-19-6-4-5-9-24-19/h4-6,9,12-13,18H,7-8,10-11,14H2,1-3H3,(H,28,32)(H,24,27,33). The van der Waals surface area contributed by atoms with E-state index in [0.717, 1.165) is 17.1 Å². The fourth-order valence-corrected chi connectivity index (χ4v) is 3.95. The Labute approximate surface area is 192 Å². The molecule has 0 atom stereocenters. The topological polar surface area (TPSA) is 118 Å². The largest absolute Gasteiger partial charge is 0.310 e. The van der Waals surface area contributed by atoms with Crippen LogP contribution in [0.25, 0.3) is 5.95 Å². The maximum atomic E-state index is 12.7. The third kappa shape index (κ3) is 5.78. The van der Waals surface area contributed by atoms with Gasteiger partial charge in [-0.1, -0.05) is 6.07 Å². The number of amides is 2. The molecule has 0 spiro atoms. The zero-order valence-electron chi connectivity index (χ0n) is 19.1. The highest BCUT2D eigenvalue weighted by Gasteiger charge is 2.26. The molecule has 3 aromatic rings. The number of carbonyl (C=O) groups is 2. The first-order valence-electron chi connectivity index (χ1n) is 11.0. The SMILES string of the molecule is Cc1cc(C)nc(-n2nc(C)cc2NC(=O)CN2CCC(C(=O)Nc3ccccn3)CC2)n1. The van der Waals surface area contributed by atoms with Crippen LogP contribution in [0.1, 0.15) is 29.9 Å². The van der Waals surface area contributed by atoms with Crippen molar-refractivity contribution in [2.75, 3.05) is 30.3 Å². The molecule has 0 saturated carbocycles. The average molecular weight is 449 g/mol. The van der Waals surface area contributed by atoms with Crippen LogP contribution in [0.5, 0.6) is 0 Å². The van der Waals surface area contributed by atoms with Crippen LogP contribution in [0.15, 0.2) is 36.5 Å². The molecule has 3 aromatic heterocycles. The lowest BCUT2D eigenvalue weighted by Gasteiger charge is -2.30. The van der Waals surface area contributed by atoms with Gasteiger partial charge in [-0.15, -0.1) is 0 Å². The van der Waals surface area contributed by atoms with E-state index >= 15 is 0 Å². The molecule has 0 aromatic carbocycles. The van der Waals surface area contributed by atoms with Gasteiger partial charge in [0.15, 0.2) is 0 Å². The van der Waals surface area contributed by atoms with E-state index in [4.69, 9.17) is 0 Å². The highest BCUT2D eigenvalue weighted by molar-refractivity contribution is 5.92. The van der Waals surface area contributed by atoms with Gasteiger partial charge in [-0.2, -0.15) is 9.78 Å². The highest BCUT2D eigenvalue weighted by atomic mass is 16.2. The van der Waals surface area contributed by atoms with Crippen molar-refractivity contribution in [3.63, 3.8) is 0 Å². The fraction of sp³-hybridized carbons (Fsp3) is 0.391. The van der Waals surface area contributed by atoms with Crippen molar-refractivity contribution < 1.29 is 9.59 Å². The van der Waals surface area contributed by atoms with Gasteiger partial charge in [0.1, 0.15) is 11.6 Å². The van der Waals surface area contributed by atoms with E-state index in [1.807, 2.05) is 39.0 Å². The normalized spacial score (nSPS) is 14.8. The van der Waals surface area contributed by atoms with Crippen LogP contribution in [0.3, 0.4) is 0 Å². The summed E-state index contributed by atoms with van der Waals surface area (Å²) in [7, 11) is 0. The molecule has 0 aliphatic carbocycles. The molecule has 33 heavy (non-hydrogen) atoms. The van der Waals surface area contributed by atoms with Crippen LogP contribution >= 0.6 is 0 Å². The van der Waals surface area contributed by atoms with Gasteiger partial charge in [-0.3, -0.25) is 14.5 Å². The molecule has 0 bridgehead atoms. The number of pyridine rings is 1. The third-order valence-electron chi connectivity index (χ3n) is 5.50. The minimum absolute atomic E-state index is 0.0226. The molecule has 1 saturated heterocycles. The molecule has 10 heteroatoms. The monoisotopic (exact) mass is 448 g/mol. The number of nitrogens with zero attached hydrogens (tertiary/aromatic N) is 6. The minimum Gasteiger partial charge on any atom is -0.310 e. The van der Waals surface area contributed by atoms with Gasteiger partial charge in [0, 0.05) is 29.6 Å². The van der Waals surface area contributed by atoms with Crippen LogP contribution in [0.4, 0.5) is 11.6 Å². The molecule has 1 fully saturated rings. The Kier molecular flexibility index (Phi) is 6.74. The van der Waals surface area contributed by atoms with Crippen LogP contribution in [0, 0.1) is 26.7 Å². The first-order chi connectivity index (χ1) is 15.9. The number of hydrogen-bond donors (Lipinski definition) is 2. The van der Waals surface area contributed by atoms with Gasteiger partial charge < -0.3 is 10.6 Å². The summed E-state index contributed by atoms with van der Waals surface area (Å²) >= 11 is 0. The van der Waals surface area contributed by atoms with Crippen molar-refractivity contribution in [2.24, 2.45) is 5.92 Å².